The molecule has 0 spiro atoms. The maximum atomic E-state index is 11.8. The number of anilines is 1. The number of amides is 2. The van der Waals surface area contributed by atoms with E-state index in [1.165, 1.54) is 11.8 Å². The number of hydrogen-bond donors (Lipinski definition) is 1. The molecule has 112 valence electrons. The van der Waals surface area contributed by atoms with Gasteiger partial charge < -0.3 is 10.2 Å². The lowest BCUT2D eigenvalue weighted by Crippen LogP contribution is -2.36. The molecule has 5 nitrogen and oxygen atoms in total. The van der Waals surface area contributed by atoms with Gasteiger partial charge in [-0.2, -0.15) is 5.26 Å². The fourth-order valence-electron chi connectivity index (χ4n) is 1.87. The monoisotopic (exact) mass is 287 g/mol. The fraction of sp³-hybridized carbons (Fsp3) is 0.438. The molecule has 0 fully saturated rings. The third-order valence-electron chi connectivity index (χ3n) is 3.25. The predicted molar refractivity (Wildman–Crippen MR) is 81.7 cm³/mol. The Labute approximate surface area is 125 Å². The van der Waals surface area contributed by atoms with Crippen LogP contribution in [-0.4, -0.2) is 24.4 Å². The largest absolute Gasteiger partial charge is 0.354 e. The molecule has 0 heterocycles. The second kappa shape index (κ2) is 8.05. The van der Waals surface area contributed by atoms with Crippen molar-refractivity contribution >= 4 is 17.5 Å². The molecule has 0 radical (unpaired) electrons. The van der Waals surface area contributed by atoms with Crippen molar-refractivity contribution in [2.75, 3.05) is 11.4 Å². The van der Waals surface area contributed by atoms with Crippen molar-refractivity contribution in [3.8, 4) is 6.07 Å². The van der Waals surface area contributed by atoms with Crippen LogP contribution in [0.2, 0.25) is 0 Å². The van der Waals surface area contributed by atoms with E-state index in [0.29, 0.717) is 17.8 Å². The average molecular weight is 287 g/mol. The highest BCUT2D eigenvalue weighted by Crippen LogP contribution is 2.16. The lowest BCUT2D eigenvalue weighted by Gasteiger charge is -2.21. The van der Waals surface area contributed by atoms with Gasteiger partial charge in [0.1, 0.15) is 0 Å². The first-order valence-corrected chi connectivity index (χ1v) is 7.05. The van der Waals surface area contributed by atoms with Crippen LogP contribution in [0.1, 0.15) is 39.2 Å². The lowest BCUT2D eigenvalue weighted by atomic mass is 10.2. The van der Waals surface area contributed by atoms with Gasteiger partial charge in [0, 0.05) is 31.6 Å². The first kappa shape index (κ1) is 16.7. The second-order valence-electron chi connectivity index (χ2n) is 4.96. The number of benzene rings is 1. The van der Waals surface area contributed by atoms with E-state index in [1.54, 1.807) is 24.3 Å². The van der Waals surface area contributed by atoms with Crippen LogP contribution in [0.3, 0.4) is 0 Å². The Bertz CT molecular complexity index is 549. The molecule has 1 aromatic carbocycles. The van der Waals surface area contributed by atoms with Gasteiger partial charge in [-0.05, 0) is 31.5 Å². The third-order valence-corrected chi connectivity index (χ3v) is 3.25. The maximum Gasteiger partial charge on any atom is 0.223 e. The quantitative estimate of drug-likeness (QED) is 0.871. The molecule has 21 heavy (non-hydrogen) atoms. The van der Waals surface area contributed by atoms with Crippen molar-refractivity contribution in [3.05, 3.63) is 29.8 Å². The minimum absolute atomic E-state index is 0.0768. The van der Waals surface area contributed by atoms with Crippen LogP contribution in [0.5, 0.6) is 0 Å². The van der Waals surface area contributed by atoms with Crippen LogP contribution in [0.15, 0.2) is 24.3 Å². The molecular formula is C16H21N3O2. The number of hydrogen-bond acceptors (Lipinski definition) is 3. The van der Waals surface area contributed by atoms with E-state index in [1.807, 2.05) is 19.9 Å². The Morgan fingerprint density at radius 3 is 2.71 bits per heavy atom. The van der Waals surface area contributed by atoms with Crippen LogP contribution in [0.4, 0.5) is 5.69 Å². The van der Waals surface area contributed by atoms with Gasteiger partial charge in [-0.3, -0.25) is 9.59 Å². The van der Waals surface area contributed by atoms with E-state index >= 15 is 0 Å². The molecule has 0 saturated carbocycles. The normalized spacial score (nSPS) is 11.3. The summed E-state index contributed by atoms with van der Waals surface area (Å²) in [6.45, 7) is 5.69. The van der Waals surface area contributed by atoms with Gasteiger partial charge in [0.25, 0.3) is 0 Å². The Morgan fingerprint density at radius 2 is 2.14 bits per heavy atom. The topological polar surface area (TPSA) is 73.2 Å². The highest BCUT2D eigenvalue weighted by molar-refractivity contribution is 5.92. The Balaban J connectivity index is 2.73. The standard InChI is InChI=1S/C16H21N3O2/c1-4-12(2)18-16(21)8-9-19(13(3)20)15-7-5-6-14(10-15)11-17/h5-7,10,12H,4,8-9H2,1-3H3,(H,18,21). The summed E-state index contributed by atoms with van der Waals surface area (Å²) in [5.41, 5.74) is 1.13. The van der Waals surface area contributed by atoms with Gasteiger partial charge >= 0.3 is 0 Å². The minimum atomic E-state index is -0.151. The molecule has 0 aromatic heterocycles. The van der Waals surface area contributed by atoms with Gasteiger partial charge in [0.2, 0.25) is 11.8 Å². The summed E-state index contributed by atoms with van der Waals surface area (Å²) in [5.74, 6) is -0.228. The van der Waals surface area contributed by atoms with E-state index in [2.05, 4.69) is 5.32 Å². The van der Waals surface area contributed by atoms with E-state index in [9.17, 15) is 9.59 Å². The van der Waals surface area contributed by atoms with Crippen LogP contribution < -0.4 is 10.2 Å². The lowest BCUT2D eigenvalue weighted by molar-refractivity contribution is -0.121. The predicted octanol–water partition coefficient (Wildman–Crippen LogP) is 2.22. The van der Waals surface area contributed by atoms with Crippen LogP contribution in [0.25, 0.3) is 0 Å². The first-order chi connectivity index (χ1) is 9.97. The van der Waals surface area contributed by atoms with Gasteiger partial charge in [0.05, 0.1) is 11.6 Å². The molecule has 0 aliphatic carbocycles. The Hall–Kier alpha value is -2.35. The van der Waals surface area contributed by atoms with Crippen molar-refractivity contribution in [3.63, 3.8) is 0 Å². The van der Waals surface area contributed by atoms with E-state index in [-0.39, 0.29) is 24.3 Å². The second-order valence-corrected chi connectivity index (χ2v) is 4.96. The van der Waals surface area contributed by atoms with Crippen molar-refractivity contribution in [2.45, 2.75) is 39.7 Å². The van der Waals surface area contributed by atoms with Gasteiger partial charge in [-0.15, -0.1) is 0 Å². The summed E-state index contributed by atoms with van der Waals surface area (Å²) in [4.78, 5) is 25.0. The van der Waals surface area contributed by atoms with Gasteiger partial charge in [-0.1, -0.05) is 13.0 Å². The number of carbonyl (C=O) groups excluding carboxylic acids is 2. The van der Waals surface area contributed by atoms with Crippen molar-refractivity contribution in [2.24, 2.45) is 0 Å². The Morgan fingerprint density at radius 1 is 1.43 bits per heavy atom. The molecular weight excluding hydrogens is 266 g/mol. The van der Waals surface area contributed by atoms with E-state index < -0.39 is 0 Å². The van der Waals surface area contributed by atoms with E-state index in [4.69, 9.17) is 5.26 Å². The van der Waals surface area contributed by atoms with Gasteiger partial charge in [0.15, 0.2) is 0 Å². The average Bonchev–Trinajstić information content (AvgIpc) is 2.47. The molecule has 1 unspecified atom stereocenters. The number of nitrogens with one attached hydrogen (secondary N) is 1. The van der Waals surface area contributed by atoms with E-state index in [0.717, 1.165) is 6.42 Å². The molecule has 1 atom stereocenters. The van der Waals surface area contributed by atoms with Crippen LogP contribution >= 0.6 is 0 Å². The van der Waals surface area contributed by atoms with Crippen molar-refractivity contribution in [1.29, 1.82) is 5.26 Å². The SMILES string of the molecule is CCC(C)NC(=O)CCN(C(C)=O)c1cccc(C#N)c1. The Kier molecular flexibility index (Phi) is 6.41. The molecule has 0 aliphatic rings. The van der Waals surface area contributed by atoms with Crippen LogP contribution in [0, 0.1) is 11.3 Å². The highest BCUT2D eigenvalue weighted by atomic mass is 16.2. The number of carbonyl (C=O) groups is 2. The molecule has 0 saturated heterocycles. The first-order valence-electron chi connectivity index (χ1n) is 7.05. The zero-order chi connectivity index (χ0) is 15.8. The number of rotatable bonds is 6. The van der Waals surface area contributed by atoms with Crippen LogP contribution in [-0.2, 0) is 9.59 Å². The van der Waals surface area contributed by atoms with Gasteiger partial charge in [-0.25, -0.2) is 0 Å². The van der Waals surface area contributed by atoms with Crippen molar-refractivity contribution < 1.29 is 9.59 Å². The summed E-state index contributed by atoms with van der Waals surface area (Å²) < 4.78 is 0. The summed E-state index contributed by atoms with van der Waals surface area (Å²) in [6, 6.07) is 8.98. The molecule has 5 heteroatoms. The smallest absolute Gasteiger partial charge is 0.223 e. The molecule has 1 aromatic rings. The summed E-state index contributed by atoms with van der Waals surface area (Å²) >= 11 is 0. The molecule has 1 N–H and O–H groups in total. The molecule has 0 aliphatic heterocycles. The summed E-state index contributed by atoms with van der Waals surface area (Å²) in [5, 5.41) is 11.8. The summed E-state index contributed by atoms with van der Waals surface area (Å²) in [7, 11) is 0. The number of nitrogens with zero attached hydrogens (tertiary/aromatic N) is 2. The molecule has 0 bridgehead atoms. The minimum Gasteiger partial charge on any atom is -0.354 e. The molecule has 2 amide bonds. The third kappa shape index (κ3) is 5.27. The summed E-state index contributed by atoms with van der Waals surface area (Å²) in [6.07, 6.45) is 1.10. The van der Waals surface area contributed by atoms with Crippen molar-refractivity contribution in [1.82, 2.24) is 5.32 Å². The zero-order valence-electron chi connectivity index (χ0n) is 12.7. The highest BCUT2D eigenvalue weighted by Gasteiger charge is 2.14. The zero-order valence-corrected chi connectivity index (χ0v) is 12.7. The maximum absolute atomic E-state index is 11.8. The molecule has 1 rings (SSSR count). The number of nitriles is 1. The fourth-order valence-corrected chi connectivity index (χ4v) is 1.87.